The minimum absolute atomic E-state index is 0.0293. The third kappa shape index (κ3) is 4.74. The first kappa shape index (κ1) is 11.9. The summed E-state index contributed by atoms with van der Waals surface area (Å²) >= 11 is 0. The highest BCUT2D eigenvalue weighted by molar-refractivity contribution is 7.84. The molecule has 1 atom stereocenters. The highest BCUT2D eigenvalue weighted by atomic mass is 32.2. The van der Waals surface area contributed by atoms with E-state index in [4.69, 9.17) is 5.11 Å². The van der Waals surface area contributed by atoms with Crippen LogP contribution in [0.4, 0.5) is 0 Å². The number of hydrogen-bond acceptors (Lipinski definition) is 2. The zero-order valence-electron chi connectivity index (χ0n) is 8.60. The molecule has 1 unspecified atom stereocenters. The molecule has 0 radical (unpaired) electrons. The van der Waals surface area contributed by atoms with Crippen molar-refractivity contribution in [1.82, 2.24) is 0 Å². The second-order valence-corrected chi connectivity index (χ2v) is 5.00. The van der Waals surface area contributed by atoms with E-state index in [9.17, 15) is 9.00 Å². The topological polar surface area (TPSA) is 54.4 Å². The van der Waals surface area contributed by atoms with Gasteiger partial charge in [0.05, 0.1) is 6.42 Å². The van der Waals surface area contributed by atoms with Gasteiger partial charge in [-0.05, 0) is 12.5 Å². The van der Waals surface area contributed by atoms with E-state index in [2.05, 4.69) is 0 Å². The van der Waals surface area contributed by atoms with E-state index in [-0.39, 0.29) is 12.2 Å². The zero-order chi connectivity index (χ0) is 11.3. The van der Waals surface area contributed by atoms with Crippen molar-refractivity contribution in [3.05, 3.63) is 35.4 Å². The molecule has 1 aromatic rings. The third-order valence-electron chi connectivity index (χ3n) is 1.95. The first-order valence-electron chi connectivity index (χ1n) is 4.70. The Balaban J connectivity index is 2.48. The molecule has 1 N–H and O–H groups in total. The Morgan fingerprint density at radius 2 is 2.20 bits per heavy atom. The first-order chi connectivity index (χ1) is 7.08. The number of carbonyl (C=O) groups is 1. The molecule has 0 amide bonds. The van der Waals surface area contributed by atoms with Crippen LogP contribution in [0, 0.1) is 6.92 Å². The summed E-state index contributed by atoms with van der Waals surface area (Å²) < 4.78 is 11.5. The predicted molar refractivity (Wildman–Crippen MR) is 60.1 cm³/mol. The van der Waals surface area contributed by atoms with Crippen LogP contribution < -0.4 is 0 Å². The average Bonchev–Trinajstić information content (AvgIpc) is 2.15. The van der Waals surface area contributed by atoms with Crippen molar-refractivity contribution in [3.8, 4) is 0 Å². The molecule has 0 saturated carbocycles. The standard InChI is InChI=1S/C11H14O3S/c1-9-3-2-4-10(7-9)8-15(14)6-5-11(12)13/h2-4,7H,5-6,8H2,1H3,(H,12,13). The van der Waals surface area contributed by atoms with E-state index in [1.807, 2.05) is 31.2 Å². The van der Waals surface area contributed by atoms with Crippen LogP contribution in [0.3, 0.4) is 0 Å². The molecule has 0 aromatic heterocycles. The van der Waals surface area contributed by atoms with Crippen LogP contribution in [-0.4, -0.2) is 21.0 Å². The lowest BCUT2D eigenvalue weighted by molar-refractivity contribution is -0.136. The Kier molecular flexibility index (Phi) is 4.49. The molecule has 0 fully saturated rings. The summed E-state index contributed by atoms with van der Waals surface area (Å²) in [5.41, 5.74) is 2.13. The number of rotatable bonds is 5. The molecule has 0 heterocycles. The zero-order valence-corrected chi connectivity index (χ0v) is 9.42. The van der Waals surface area contributed by atoms with Crippen LogP contribution in [0.25, 0.3) is 0 Å². The lowest BCUT2D eigenvalue weighted by Gasteiger charge is -2.02. The highest BCUT2D eigenvalue weighted by Crippen LogP contribution is 2.07. The van der Waals surface area contributed by atoms with E-state index in [1.165, 1.54) is 0 Å². The lowest BCUT2D eigenvalue weighted by atomic mass is 10.2. The van der Waals surface area contributed by atoms with Crippen LogP contribution in [0.15, 0.2) is 24.3 Å². The number of carboxylic acids is 1. The van der Waals surface area contributed by atoms with Crippen LogP contribution in [0.2, 0.25) is 0 Å². The fourth-order valence-corrected chi connectivity index (χ4v) is 2.36. The number of aliphatic carboxylic acids is 1. The van der Waals surface area contributed by atoms with Gasteiger partial charge in [0.1, 0.15) is 0 Å². The molecule has 1 aromatic carbocycles. The maximum atomic E-state index is 11.5. The Labute approximate surface area is 91.6 Å². The fraction of sp³-hybridized carbons (Fsp3) is 0.364. The van der Waals surface area contributed by atoms with Crippen LogP contribution >= 0.6 is 0 Å². The van der Waals surface area contributed by atoms with Gasteiger partial charge in [0.15, 0.2) is 0 Å². The van der Waals surface area contributed by atoms with Gasteiger partial charge in [-0.1, -0.05) is 29.8 Å². The molecule has 0 aliphatic carbocycles. The number of benzene rings is 1. The van der Waals surface area contributed by atoms with Gasteiger partial charge in [0.25, 0.3) is 0 Å². The molecule has 15 heavy (non-hydrogen) atoms. The van der Waals surface area contributed by atoms with Gasteiger partial charge in [0.2, 0.25) is 0 Å². The minimum atomic E-state index is -1.08. The SMILES string of the molecule is Cc1cccc(CS(=O)CCC(=O)O)c1. The van der Waals surface area contributed by atoms with Crippen molar-refractivity contribution in [2.75, 3.05) is 5.75 Å². The molecule has 4 heteroatoms. The molecule has 1 rings (SSSR count). The smallest absolute Gasteiger partial charge is 0.304 e. The summed E-state index contributed by atoms with van der Waals surface area (Å²) in [5.74, 6) is -0.231. The molecular weight excluding hydrogens is 212 g/mol. The van der Waals surface area contributed by atoms with Crippen molar-refractivity contribution in [2.24, 2.45) is 0 Å². The molecule has 3 nitrogen and oxygen atoms in total. The Morgan fingerprint density at radius 3 is 2.80 bits per heavy atom. The van der Waals surface area contributed by atoms with E-state index >= 15 is 0 Å². The number of hydrogen-bond donors (Lipinski definition) is 1. The quantitative estimate of drug-likeness (QED) is 0.831. The summed E-state index contributed by atoms with van der Waals surface area (Å²) in [6.07, 6.45) is -0.0293. The molecule has 82 valence electrons. The molecule has 0 bridgehead atoms. The van der Waals surface area contributed by atoms with Gasteiger partial charge < -0.3 is 5.11 Å². The van der Waals surface area contributed by atoms with E-state index < -0.39 is 16.8 Å². The monoisotopic (exact) mass is 226 g/mol. The fourth-order valence-electron chi connectivity index (χ4n) is 1.26. The van der Waals surface area contributed by atoms with Gasteiger partial charge in [-0.2, -0.15) is 0 Å². The Hall–Kier alpha value is -1.16. The van der Waals surface area contributed by atoms with Crippen molar-refractivity contribution < 1.29 is 14.1 Å². The third-order valence-corrected chi connectivity index (χ3v) is 3.27. The average molecular weight is 226 g/mol. The van der Waals surface area contributed by atoms with E-state index in [0.717, 1.165) is 11.1 Å². The second-order valence-electron chi connectivity index (χ2n) is 3.42. The number of aryl methyl sites for hydroxylation is 1. The van der Waals surface area contributed by atoms with E-state index in [1.54, 1.807) is 0 Å². The summed E-state index contributed by atoms with van der Waals surface area (Å²) in [4.78, 5) is 10.3. The summed E-state index contributed by atoms with van der Waals surface area (Å²) in [7, 11) is -1.08. The summed E-state index contributed by atoms with van der Waals surface area (Å²) in [6.45, 7) is 1.98. The molecular formula is C11H14O3S. The van der Waals surface area contributed by atoms with E-state index in [0.29, 0.717) is 5.75 Å². The summed E-state index contributed by atoms with van der Waals surface area (Å²) in [6, 6.07) is 7.77. The second kappa shape index (κ2) is 5.66. The lowest BCUT2D eigenvalue weighted by Crippen LogP contribution is -2.06. The molecule has 0 spiro atoms. The van der Waals surface area contributed by atoms with Gasteiger partial charge >= 0.3 is 5.97 Å². The Morgan fingerprint density at radius 1 is 1.47 bits per heavy atom. The van der Waals surface area contributed by atoms with Crippen molar-refractivity contribution >= 4 is 16.8 Å². The van der Waals surface area contributed by atoms with Gasteiger partial charge in [-0.25, -0.2) is 0 Å². The molecule has 0 aliphatic heterocycles. The van der Waals surface area contributed by atoms with Crippen molar-refractivity contribution in [2.45, 2.75) is 19.1 Å². The molecule has 0 aliphatic rings. The normalized spacial score (nSPS) is 12.3. The van der Waals surface area contributed by atoms with Crippen LogP contribution in [0.5, 0.6) is 0 Å². The largest absolute Gasteiger partial charge is 0.481 e. The highest BCUT2D eigenvalue weighted by Gasteiger charge is 2.04. The minimum Gasteiger partial charge on any atom is -0.481 e. The Bertz CT molecular complexity index is 374. The number of carboxylic acid groups (broad SMARTS) is 1. The van der Waals surface area contributed by atoms with Crippen LogP contribution in [-0.2, 0) is 21.3 Å². The summed E-state index contributed by atoms with van der Waals surface area (Å²) in [5, 5.41) is 8.44. The van der Waals surface area contributed by atoms with Gasteiger partial charge in [0, 0.05) is 22.3 Å². The van der Waals surface area contributed by atoms with Crippen molar-refractivity contribution in [3.63, 3.8) is 0 Å². The maximum Gasteiger partial charge on any atom is 0.304 e. The maximum absolute atomic E-state index is 11.5. The van der Waals surface area contributed by atoms with Crippen molar-refractivity contribution in [1.29, 1.82) is 0 Å². The van der Waals surface area contributed by atoms with Crippen LogP contribution in [0.1, 0.15) is 17.5 Å². The molecule has 0 saturated heterocycles. The van der Waals surface area contributed by atoms with Gasteiger partial charge in [-0.15, -0.1) is 0 Å². The van der Waals surface area contributed by atoms with Gasteiger partial charge in [-0.3, -0.25) is 9.00 Å². The predicted octanol–water partition coefficient (Wildman–Crippen LogP) is 1.72. The first-order valence-corrected chi connectivity index (χ1v) is 6.19.